The van der Waals surface area contributed by atoms with E-state index < -0.39 is 0 Å². The van der Waals surface area contributed by atoms with E-state index in [1.165, 1.54) is 6.42 Å². The molecule has 0 N–H and O–H groups in total. The summed E-state index contributed by atoms with van der Waals surface area (Å²) in [4.78, 5) is 0. The van der Waals surface area contributed by atoms with Gasteiger partial charge in [-0.15, -0.1) is 0 Å². The normalized spacial score (nSPS) is 9.30. The van der Waals surface area contributed by atoms with Gasteiger partial charge in [-0.05, 0) is 12.8 Å². The quantitative estimate of drug-likeness (QED) is 0.512. The lowest BCUT2D eigenvalue weighted by Gasteiger charge is -1.90. The Bertz CT molecular complexity index is 78.0. The van der Waals surface area contributed by atoms with E-state index in [9.17, 15) is 0 Å². The first-order valence-corrected chi connectivity index (χ1v) is 3.92. The highest BCUT2D eigenvalue weighted by molar-refractivity contribution is 4.94. The van der Waals surface area contributed by atoms with Crippen molar-refractivity contribution in [2.24, 2.45) is 5.92 Å². The monoisotopic (exact) mass is 140 g/mol. The smallest absolute Gasteiger partial charge is 0.0467 e. The van der Waals surface area contributed by atoms with Crippen LogP contribution in [0.15, 0.2) is 24.8 Å². The van der Waals surface area contributed by atoms with Crippen molar-refractivity contribution in [3.63, 3.8) is 0 Å². The van der Waals surface area contributed by atoms with Gasteiger partial charge in [-0.2, -0.15) is 0 Å². The number of rotatable bonds is 2. The van der Waals surface area contributed by atoms with Crippen LogP contribution in [0, 0.1) is 5.92 Å². The zero-order valence-corrected chi connectivity index (χ0v) is 7.72. The minimum absolute atomic E-state index is 0.884. The maximum Gasteiger partial charge on any atom is -0.0467 e. The molecule has 0 aromatic carbocycles. The van der Waals surface area contributed by atoms with Crippen LogP contribution < -0.4 is 0 Å². The Morgan fingerprint density at radius 3 is 1.80 bits per heavy atom. The van der Waals surface area contributed by atoms with Crippen molar-refractivity contribution in [2.45, 2.75) is 34.1 Å². The van der Waals surface area contributed by atoms with Crippen LogP contribution >= 0.6 is 0 Å². The minimum Gasteiger partial charge on any atom is -0.0991 e. The third-order valence-corrected chi connectivity index (χ3v) is 1.15. The van der Waals surface area contributed by atoms with Crippen LogP contribution in [0.3, 0.4) is 0 Å². The zero-order chi connectivity index (χ0) is 8.41. The molecule has 0 heteroatoms. The maximum atomic E-state index is 3.46. The standard InChI is InChI=1S/C5H12.C5H8/c1-4-5(2)3;1-3-5-4-2/h5H,4H2,1-3H3;3-5H,1H2,2H3/b;5-4+. The third kappa shape index (κ3) is 25.9. The Kier molecular flexibility index (Phi) is 13.8. The molecule has 0 heterocycles. The molecule has 0 saturated heterocycles. The average Bonchev–Trinajstić information content (AvgIpc) is 1.91. The molecule has 0 nitrogen and oxygen atoms in total. The SMILES string of the molecule is C=C/C=C/C.CCC(C)C. The second-order valence-corrected chi connectivity index (χ2v) is 2.56. The van der Waals surface area contributed by atoms with Gasteiger partial charge in [-0.1, -0.05) is 52.0 Å². The predicted molar refractivity (Wildman–Crippen MR) is 50.1 cm³/mol. The number of allylic oxidation sites excluding steroid dienone is 3. The second kappa shape index (κ2) is 11.3. The summed E-state index contributed by atoms with van der Waals surface area (Å²) < 4.78 is 0. The average molecular weight is 140 g/mol. The fraction of sp³-hybridized carbons (Fsp3) is 0.600. The maximum absolute atomic E-state index is 3.46. The molecule has 0 aliphatic rings. The summed E-state index contributed by atoms with van der Waals surface area (Å²) in [5.74, 6) is 0.884. The van der Waals surface area contributed by atoms with Gasteiger partial charge < -0.3 is 0 Å². The molecule has 0 rings (SSSR count). The zero-order valence-electron chi connectivity index (χ0n) is 7.72. The van der Waals surface area contributed by atoms with E-state index in [0.717, 1.165) is 5.92 Å². The molecule has 0 aromatic rings. The molecule has 0 saturated carbocycles. The van der Waals surface area contributed by atoms with Crippen LogP contribution in [0.5, 0.6) is 0 Å². The first-order chi connectivity index (χ1) is 4.68. The van der Waals surface area contributed by atoms with Gasteiger partial charge in [0.2, 0.25) is 0 Å². The van der Waals surface area contributed by atoms with Crippen molar-refractivity contribution in [1.82, 2.24) is 0 Å². The van der Waals surface area contributed by atoms with Crippen molar-refractivity contribution in [1.29, 1.82) is 0 Å². The van der Waals surface area contributed by atoms with Gasteiger partial charge in [0.25, 0.3) is 0 Å². The van der Waals surface area contributed by atoms with Crippen LogP contribution in [-0.4, -0.2) is 0 Å². The van der Waals surface area contributed by atoms with Gasteiger partial charge in [0.05, 0.1) is 0 Å². The van der Waals surface area contributed by atoms with E-state index >= 15 is 0 Å². The largest absolute Gasteiger partial charge is 0.0991 e. The molecule has 10 heavy (non-hydrogen) atoms. The van der Waals surface area contributed by atoms with Gasteiger partial charge in [0.1, 0.15) is 0 Å². The van der Waals surface area contributed by atoms with E-state index in [0.29, 0.717) is 0 Å². The fourth-order valence-corrected chi connectivity index (χ4v) is 0.136. The highest BCUT2D eigenvalue weighted by Crippen LogP contribution is 1.93. The lowest BCUT2D eigenvalue weighted by atomic mass is 10.2. The number of hydrogen-bond donors (Lipinski definition) is 0. The summed E-state index contributed by atoms with van der Waals surface area (Å²) in [5.41, 5.74) is 0. The Balaban J connectivity index is 0. The first-order valence-electron chi connectivity index (χ1n) is 3.92. The van der Waals surface area contributed by atoms with Gasteiger partial charge in [-0.25, -0.2) is 0 Å². The molecular formula is C10H20. The van der Waals surface area contributed by atoms with E-state index in [1.807, 2.05) is 19.1 Å². The Hall–Kier alpha value is -0.520. The molecule has 0 fully saturated rings. The van der Waals surface area contributed by atoms with E-state index in [1.54, 1.807) is 6.08 Å². The van der Waals surface area contributed by atoms with Crippen LogP contribution in [0.25, 0.3) is 0 Å². The van der Waals surface area contributed by atoms with Gasteiger partial charge in [0.15, 0.2) is 0 Å². The topological polar surface area (TPSA) is 0 Å². The molecule has 0 radical (unpaired) electrons. The van der Waals surface area contributed by atoms with Crippen molar-refractivity contribution < 1.29 is 0 Å². The molecule has 0 aliphatic carbocycles. The molecule has 0 spiro atoms. The summed E-state index contributed by atoms with van der Waals surface area (Å²) in [6.07, 6.45) is 6.88. The van der Waals surface area contributed by atoms with Crippen LogP contribution in [0.2, 0.25) is 0 Å². The molecule has 0 bridgehead atoms. The minimum atomic E-state index is 0.884. The van der Waals surface area contributed by atoms with Gasteiger partial charge in [-0.3, -0.25) is 0 Å². The van der Waals surface area contributed by atoms with Crippen molar-refractivity contribution in [3.8, 4) is 0 Å². The Morgan fingerprint density at radius 1 is 1.40 bits per heavy atom. The Labute approximate surface area is 65.7 Å². The van der Waals surface area contributed by atoms with E-state index in [4.69, 9.17) is 0 Å². The summed E-state index contributed by atoms with van der Waals surface area (Å²) >= 11 is 0. The Morgan fingerprint density at radius 2 is 1.80 bits per heavy atom. The predicted octanol–water partition coefficient (Wildman–Crippen LogP) is 3.80. The molecule has 60 valence electrons. The van der Waals surface area contributed by atoms with Gasteiger partial charge >= 0.3 is 0 Å². The van der Waals surface area contributed by atoms with Crippen LogP contribution in [-0.2, 0) is 0 Å². The number of hydrogen-bond acceptors (Lipinski definition) is 0. The van der Waals surface area contributed by atoms with Crippen molar-refractivity contribution >= 4 is 0 Å². The van der Waals surface area contributed by atoms with E-state index in [2.05, 4.69) is 27.4 Å². The van der Waals surface area contributed by atoms with Crippen LogP contribution in [0.4, 0.5) is 0 Å². The lowest BCUT2D eigenvalue weighted by Crippen LogP contribution is -1.77. The van der Waals surface area contributed by atoms with Crippen molar-refractivity contribution in [3.05, 3.63) is 24.8 Å². The van der Waals surface area contributed by atoms with E-state index in [-0.39, 0.29) is 0 Å². The lowest BCUT2D eigenvalue weighted by molar-refractivity contribution is 0.626. The van der Waals surface area contributed by atoms with Gasteiger partial charge in [0, 0.05) is 0 Å². The van der Waals surface area contributed by atoms with Crippen LogP contribution in [0.1, 0.15) is 34.1 Å². The highest BCUT2D eigenvalue weighted by Gasteiger charge is 1.80. The summed E-state index contributed by atoms with van der Waals surface area (Å²) in [6.45, 7) is 12.1. The van der Waals surface area contributed by atoms with Crippen molar-refractivity contribution in [2.75, 3.05) is 0 Å². The first kappa shape index (κ1) is 12.2. The molecular weight excluding hydrogens is 120 g/mol. The summed E-state index contributed by atoms with van der Waals surface area (Å²) in [7, 11) is 0. The fourth-order valence-electron chi connectivity index (χ4n) is 0.136. The summed E-state index contributed by atoms with van der Waals surface area (Å²) in [6, 6.07) is 0. The molecule has 0 aliphatic heterocycles. The highest BCUT2D eigenvalue weighted by atomic mass is 13.9. The third-order valence-electron chi connectivity index (χ3n) is 1.15. The summed E-state index contributed by atoms with van der Waals surface area (Å²) in [5, 5.41) is 0. The molecule has 0 unspecified atom stereocenters. The second-order valence-electron chi connectivity index (χ2n) is 2.56. The molecule has 0 aromatic heterocycles. The molecule has 0 amide bonds. The molecule has 0 atom stereocenters.